The molecule has 0 aromatic heterocycles. The first-order chi connectivity index (χ1) is 34.5. The van der Waals surface area contributed by atoms with Crippen LogP contribution in [0.2, 0.25) is 5.02 Å². The van der Waals surface area contributed by atoms with Crippen molar-refractivity contribution in [2.45, 2.75) is 177 Å². The van der Waals surface area contributed by atoms with Crippen LogP contribution in [0.4, 0.5) is 28.4 Å². The van der Waals surface area contributed by atoms with E-state index in [0.717, 1.165) is 107 Å². The zero-order valence-electron chi connectivity index (χ0n) is 46.5. The quantitative estimate of drug-likeness (QED) is 0.0536. The number of anilines is 3. The Morgan fingerprint density at radius 1 is 0.568 bits per heavy atom. The third-order valence-corrected chi connectivity index (χ3v) is 13.3. The highest BCUT2D eigenvalue weighted by Crippen LogP contribution is 2.32. The van der Waals surface area contributed by atoms with Gasteiger partial charge in [0.2, 0.25) is 0 Å². The molecule has 3 aromatic carbocycles. The van der Waals surface area contributed by atoms with Gasteiger partial charge in [0.1, 0.15) is 16.8 Å². The topological polar surface area (TPSA) is 210 Å². The number of hydrogen-bond donors (Lipinski definition) is 2. The van der Waals surface area contributed by atoms with Gasteiger partial charge in [-0.3, -0.25) is 34.6 Å². The second-order valence-corrected chi connectivity index (χ2v) is 23.3. The highest BCUT2D eigenvalue weighted by atomic mass is 35.5. The van der Waals surface area contributed by atoms with Gasteiger partial charge in [-0.05, 0) is 219 Å². The van der Waals surface area contributed by atoms with Crippen molar-refractivity contribution in [2.24, 2.45) is 17.8 Å². The van der Waals surface area contributed by atoms with Crippen LogP contribution in [0.15, 0.2) is 54.6 Å². The number of nitrogens with one attached hydrogen (secondary N) is 1. The number of nitrogen functional groups attached to an aromatic ring is 1. The minimum Gasteiger partial charge on any atom is -0.460 e. The summed E-state index contributed by atoms with van der Waals surface area (Å²) in [5.74, 6) is 1.60. The van der Waals surface area contributed by atoms with Crippen LogP contribution in [0.5, 0.6) is 0 Å². The minimum absolute atomic E-state index is 0.0546. The number of piperidine rings is 3. The second kappa shape index (κ2) is 29.6. The lowest BCUT2D eigenvalue weighted by Crippen LogP contribution is -2.34. The zero-order chi connectivity index (χ0) is 55.4. The van der Waals surface area contributed by atoms with Crippen molar-refractivity contribution in [1.29, 1.82) is 0 Å². The van der Waals surface area contributed by atoms with Crippen LogP contribution in [-0.4, -0.2) is 83.8 Å². The number of non-ortho nitro benzene ring substituents is 2. The Morgan fingerprint density at radius 3 is 1.24 bits per heavy atom. The predicted octanol–water partition coefficient (Wildman–Crippen LogP) is 12.8. The molecule has 3 saturated heterocycles. The summed E-state index contributed by atoms with van der Waals surface area (Å²) in [4.78, 5) is 60.1. The number of nitro groups is 2. The third-order valence-electron chi connectivity index (χ3n) is 12.9. The fraction of sp³-hybridized carbons (Fsp3) is 0.632. The zero-order valence-corrected chi connectivity index (χ0v) is 47.2. The van der Waals surface area contributed by atoms with E-state index in [4.69, 9.17) is 31.5 Å². The van der Waals surface area contributed by atoms with Gasteiger partial charge < -0.3 is 35.1 Å². The van der Waals surface area contributed by atoms with Crippen molar-refractivity contribution in [2.75, 3.05) is 54.8 Å². The van der Waals surface area contributed by atoms with E-state index in [2.05, 4.69) is 28.1 Å². The summed E-state index contributed by atoms with van der Waals surface area (Å²) in [7, 11) is 0. The molecular formula is C57H87ClN6O10. The molecule has 3 aliphatic rings. The molecule has 74 heavy (non-hydrogen) atoms. The lowest BCUT2D eigenvalue weighted by molar-refractivity contribution is -0.385. The molecule has 0 spiro atoms. The van der Waals surface area contributed by atoms with Crippen molar-refractivity contribution < 1.29 is 38.4 Å². The van der Waals surface area contributed by atoms with E-state index in [9.17, 15) is 34.6 Å². The Hall–Kier alpha value is -5.48. The molecule has 0 aliphatic carbocycles. The molecule has 0 saturated carbocycles. The van der Waals surface area contributed by atoms with Crippen LogP contribution in [0.25, 0.3) is 0 Å². The van der Waals surface area contributed by atoms with Gasteiger partial charge in [-0.2, -0.15) is 0 Å². The number of rotatable bonds is 13. The molecule has 3 aromatic rings. The Labute approximate surface area is 446 Å². The van der Waals surface area contributed by atoms with E-state index in [-0.39, 0.29) is 45.4 Å². The Balaban J connectivity index is 0.000000272. The lowest BCUT2D eigenvalue weighted by atomic mass is 9.91. The van der Waals surface area contributed by atoms with Crippen LogP contribution in [0, 0.1) is 58.8 Å². The van der Waals surface area contributed by atoms with Crippen LogP contribution < -0.4 is 20.9 Å². The molecule has 0 unspecified atom stereocenters. The SMILES string of the molecule is CC(C)(C)OC(=O)CCC1CCNCC1.Cc1cc(N)ccc1N1CCC(CCC(=O)OC(C)(C)C)CC1.Cc1cc([N+](=O)[O-])ccc1Cl.Cc1cc([N+](=O)[O-])ccc1N1CCC(CCC(=O)OC(C)(C)C)CC1. The number of nitrogens with two attached hydrogens (primary N) is 1. The number of carbonyl (C=O) groups is 3. The minimum atomic E-state index is -0.441. The average molecular weight is 1050 g/mol. The summed E-state index contributed by atoms with van der Waals surface area (Å²) >= 11 is 5.66. The molecule has 412 valence electrons. The number of nitro benzene ring substituents is 2. The average Bonchev–Trinajstić information content (AvgIpc) is 3.30. The van der Waals surface area contributed by atoms with Crippen molar-refractivity contribution in [3.8, 4) is 0 Å². The summed E-state index contributed by atoms with van der Waals surface area (Å²) in [5, 5.41) is 25.0. The van der Waals surface area contributed by atoms with Gasteiger partial charge in [-0.15, -0.1) is 0 Å². The van der Waals surface area contributed by atoms with E-state index < -0.39 is 10.5 Å². The van der Waals surface area contributed by atoms with E-state index in [1.807, 2.05) is 87.4 Å². The normalized spacial score (nSPS) is 15.7. The van der Waals surface area contributed by atoms with Gasteiger partial charge in [-0.1, -0.05) is 11.6 Å². The van der Waals surface area contributed by atoms with Crippen LogP contribution in [0.1, 0.15) is 156 Å². The summed E-state index contributed by atoms with van der Waals surface area (Å²) in [6.45, 7) is 29.0. The smallest absolute Gasteiger partial charge is 0.306 e. The Bertz CT molecular complexity index is 2280. The molecule has 16 nitrogen and oxygen atoms in total. The molecule has 3 heterocycles. The van der Waals surface area contributed by atoms with Gasteiger partial charge in [0.25, 0.3) is 11.4 Å². The van der Waals surface area contributed by atoms with Crippen LogP contribution in [-0.2, 0) is 28.6 Å². The molecule has 6 rings (SSSR count). The van der Waals surface area contributed by atoms with E-state index in [1.165, 1.54) is 42.3 Å². The second-order valence-electron chi connectivity index (χ2n) is 22.9. The fourth-order valence-electron chi connectivity index (χ4n) is 9.12. The largest absolute Gasteiger partial charge is 0.460 e. The first kappa shape index (κ1) is 62.8. The molecule has 0 radical (unpaired) electrons. The van der Waals surface area contributed by atoms with Gasteiger partial charge in [0.05, 0.1) is 9.85 Å². The maximum atomic E-state index is 11.8. The highest BCUT2D eigenvalue weighted by molar-refractivity contribution is 6.31. The molecule has 3 N–H and O–H groups in total. The number of benzene rings is 3. The summed E-state index contributed by atoms with van der Waals surface area (Å²) in [5.41, 5.74) is 10.9. The molecule has 3 aliphatic heterocycles. The Morgan fingerprint density at radius 2 is 0.905 bits per heavy atom. The van der Waals surface area contributed by atoms with Gasteiger partial charge in [0, 0.05) is 91.8 Å². The van der Waals surface area contributed by atoms with Crippen molar-refractivity contribution in [1.82, 2.24) is 5.32 Å². The molecule has 3 fully saturated rings. The van der Waals surface area contributed by atoms with E-state index >= 15 is 0 Å². The van der Waals surface area contributed by atoms with Crippen LogP contribution in [0.3, 0.4) is 0 Å². The monoisotopic (exact) mass is 1050 g/mol. The maximum Gasteiger partial charge on any atom is 0.306 e. The van der Waals surface area contributed by atoms with Crippen molar-refractivity contribution in [3.63, 3.8) is 0 Å². The first-order valence-corrected chi connectivity index (χ1v) is 26.7. The van der Waals surface area contributed by atoms with Gasteiger partial charge in [0.15, 0.2) is 0 Å². The number of halogens is 1. The number of aryl methyl sites for hydroxylation is 3. The number of esters is 3. The van der Waals surface area contributed by atoms with Crippen molar-refractivity contribution >= 4 is 57.9 Å². The first-order valence-electron chi connectivity index (χ1n) is 26.4. The van der Waals surface area contributed by atoms with Gasteiger partial charge >= 0.3 is 17.9 Å². The molecule has 17 heteroatoms. The van der Waals surface area contributed by atoms with Gasteiger partial charge in [-0.25, -0.2) is 0 Å². The summed E-state index contributed by atoms with van der Waals surface area (Å²) < 4.78 is 16.0. The summed E-state index contributed by atoms with van der Waals surface area (Å²) in [6, 6.07) is 15.5. The number of nitrogens with zero attached hydrogens (tertiary/aromatic N) is 4. The molecule has 0 amide bonds. The molecule has 0 bridgehead atoms. The fourth-order valence-corrected chi connectivity index (χ4v) is 9.24. The van der Waals surface area contributed by atoms with E-state index in [1.54, 1.807) is 19.1 Å². The Kier molecular flexibility index (Phi) is 25.1. The lowest BCUT2D eigenvalue weighted by Gasteiger charge is -2.34. The number of ether oxygens (including phenoxy) is 3. The standard InChI is InChI=1S/C19H28N2O4.C19H30N2O2.C12H23NO2.C7H6ClNO2/c1-14-13-16(21(23)24)6-7-17(14)20-11-9-15(10-12-20)5-8-18(22)25-19(2,3)4;1-14-13-16(20)6-7-17(14)21-11-9-15(10-12-21)5-8-18(22)23-19(2,3)4;1-12(2,3)15-11(14)5-4-10-6-8-13-9-7-10;1-5-4-6(9(10)11)2-3-7(5)8/h6-7,13,15H,5,8-12H2,1-4H3;6-7,13,15H,5,8-12,20H2,1-4H3;10,13H,4-9H2,1-3H3;2-4H,1H3. The third kappa shape index (κ3) is 24.7. The van der Waals surface area contributed by atoms with Crippen molar-refractivity contribution in [3.05, 3.63) is 96.5 Å². The van der Waals surface area contributed by atoms with E-state index in [0.29, 0.717) is 42.0 Å². The highest BCUT2D eigenvalue weighted by Gasteiger charge is 2.26. The van der Waals surface area contributed by atoms with Crippen LogP contribution >= 0.6 is 11.6 Å². The summed E-state index contributed by atoms with van der Waals surface area (Å²) in [6.07, 6.45) is 11.1. The predicted molar refractivity (Wildman–Crippen MR) is 297 cm³/mol. The number of carbonyl (C=O) groups excluding carboxylic acids is 3. The molecule has 0 atom stereocenters. The maximum absolute atomic E-state index is 11.8. The molecular weight excluding hydrogens is 964 g/mol. The number of hydrogen-bond acceptors (Lipinski definition) is 14.